The van der Waals surface area contributed by atoms with Crippen molar-refractivity contribution in [2.45, 2.75) is 31.9 Å². The van der Waals surface area contributed by atoms with Gasteiger partial charge in [-0.2, -0.15) is 0 Å². The summed E-state index contributed by atoms with van der Waals surface area (Å²) in [6.07, 6.45) is 3.07. The minimum absolute atomic E-state index is 0.158. The Morgan fingerprint density at radius 3 is 2.67 bits per heavy atom. The Labute approximate surface area is 144 Å². The number of rotatable bonds is 5. The van der Waals surface area contributed by atoms with Crippen LogP contribution in [0.1, 0.15) is 24.8 Å². The highest BCUT2D eigenvalue weighted by atomic mass is 19.1. The van der Waals surface area contributed by atoms with E-state index in [0.29, 0.717) is 5.92 Å². The van der Waals surface area contributed by atoms with Gasteiger partial charge in [-0.1, -0.05) is 12.1 Å². The zero-order valence-electron chi connectivity index (χ0n) is 14.5. The molecule has 0 aromatic heterocycles. The lowest BCUT2D eigenvalue weighted by Crippen LogP contribution is -2.42. The molecule has 0 spiro atoms. The summed E-state index contributed by atoms with van der Waals surface area (Å²) in [5.74, 6) is 0.284. The van der Waals surface area contributed by atoms with E-state index in [1.807, 2.05) is 6.07 Å². The molecule has 3 rings (SSSR count). The summed E-state index contributed by atoms with van der Waals surface area (Å²) in [7, 11) is 0. The molecule has 2 saturated heterocycles. The van der Waals surface area contributed by atoms with Gasteiger partial charge in [0.1, 0.15) is 5.82 Å². The highest BCUT2D eigenvalue weighted by molar-refractivity contribution is 5.16. The number of hydrogen-bond acceptors (Lipinski definition) is 4. The van der Waals surface area contributed by atoms with Crippen LogP contribution in [0, 0.1) is 11.7 Å². The second-order valence-corrected chi connectivity index (χ2v) is 7.22. The third-order valence-electron chi connectivity index (χ3n) is 5.35. The molecule has 2 fully saturated rings. The number of β-amino-alcohol motifs (C(OH)–C–C–N with tert-alkyl or cyclic N) is 1. The molecular formula is C19H30FN3O. The van der Waals surface area contributed by atoms with E-state index in [4.69, 9.17) is 0 Å². The molecule has 0 bridgehead atoms. The molecule has 0 amide bonds. The van der Waals surface area contributed by atoms with Crippen LogP contribution in [-0.2, 0) is 6.54 Å². The summed E-state index contributed by atoms with van der Waals surface area (Å²) in [5, 5.41) is 13.9. The van der Waals surface area contributed by atoms with Gasteiger partial charge in [0.15, 0.2) is 0 Å². The largest absolute Gasteiger partial charge is 0.392 e. The van der Waals surface area contributed by atoms with Crippen LogP contribution in [0.5, 0.6) is 0 Å². The normalized spacial score (nSPS) is 23.1. The molecule has 0 saturated carbocycles. The number of aliphatic hydroxyl groups excluding tert-OH is 1. The van der Waals surface area contributed by atoms with Crippen LogP contribution in [0.4, 0.5) is 4.39 Å². The van der Waals surface area contributed by atoms with Gasteiger partial charge in [0, 0.05) is 26.2 Å². The Bertz CT molecular complexity index is 507. The Kier molecular flexibility index (Phi) is 6.60. The number of nitrogens with one attached hydrogen (secondary N) is 1. The molecule has 5 heteroatoms. The van der Waals surface area contributed by atoms with Crippen molar-refractivity contribution in [2.75, 3.05) is 45.8 Å². The van der Waals surface area contributed by atoms with E-state index in [1.54, 1.807) is 12.1 Å². The highest BCUT2D eigenvalue weighted by Gasteiger charge is 2.24. The fourth-order valence-corrected chi connectivity index (χ4v) is 3.90. The first-order valence-corrected chi connectivity index (χ1v) is 9.28. The first kappa shape index (κ1) is 17.8. The van der Waals surface area contributed by atoms with E-state index in [1.165, 1.54) is 6.07 Å². The molecule has 1 unspecified atom stereocenters. The van der Waals surface area contributed by atoms with Crippen LogP contribution in [0.2, 0.25) is 0 Å². The number of aliphatic hydroxyl groups is 1. The Hall–Kier alpha value is -1.01. The molecule has 0 radical (unpaired) electrons. The van der Waals surface area contributed by atoms with Crippen molar-refractivity contribution in [1.82, 2.24) is 15.1 Å². The van der Waals surface area contributed by atoms with E-state index in [2.05, 4.69) is 15.1 Å². The molecule has 1 atom stereocenters. The molecule has 1 aromatic rings. The molecule has 2 heterocycles. The maximum atomic E-state index is 13.3. The summed E-state index contributed by atoms with van der Waals surface area (Å²) in [4.78, 5) is 4.80. The smallest absolute Gasteiger partial charge is 0.123 e. The van der Waals surface area contributed by atoms with Crippen LogP contribution in [0.3, 0.4) is 0 Å². The van der Waals surface area contributed by atoms with Gasteiger partial charge in [-0.15, -0.1) is 0 Å². The average molecular weight is 335 g/mol. The summed E-state index contributed by atoms with van der Waals surface area (Å²) in [6, 6.07) is 6.90. The van der Waals surface area contributed by atoms with Gasteiger partial charge in [0.2, 0.25) is 0 Å². The summed E-state index contributed by atoms with van der Waals surface area (Å²) >= 11 is 0. The number of nitrogens with zero attached hydrogens (tertiary/aromatic N) is 2. The third kappa shape index (κ3) is 5.24. The predicted octanol–water partition coefficient (Wildman–Crippen LogP) is 1.69. The summed E-state index contributed by atoms with van der Waals surface area (Å²) in [5.41, 5.74) is 1.04. The van der Waals surface area contributed by atoms with Crippen molar-refractivity contribution in [3.05, 3.63) is 35.6 Å². The fraction of sp³-hybridized carbons (Fsp3) is 0.684. The molecule has 2 aliphatic rings. The van der Waals surface area contributed by atoms with Crippen LogP contribution in [0.15, 0.2) is 24.3 Å². The van der Waals surface area contributed by atoms with Crippen molar-refractivity contribution >= 4 is 0 Å². The standard InChI is InChI=1S/C19H30FN3O/c20-18-4-1-3-16(13-18)14-22-9-2-10-23(12-11-22)15-19(24)17-5-7-21-8-6-17/h1,3-4,13,17,19,21,24H,2,5-12,14-15H2. The second kappa shape index (κ2) is 8.90. The van der Waals surface area contributed by atoms with Crippen LogP contribution < -0.4 is 5.32 Å². The van der Waals surface area contributed by atoms with Crippen LogP contribution in [-0.4, -0.2) is 66.8 Å². The van der Waals surface area contributed by atoms with Gasteiger partial charge in [-0.05, 0) is 69.1 Å². The minimum atomic E-state index is -0.207. The van der Waals surface area contributed by atoms with Crippen molar-refractivity contribution in [2.24, 2.45) is 5.92 Å². The van der Waals surface area contributed by atoms with Crippen LogP contribution in [0.25, 0.3) is 0 Å². The maximum Gasteiger partial charge on any atom is 0.123 e. The van der Waals surface area contributed by atoms with E-state index < -0.39 is 0 Å². The van der Waals surface area contributed by atoms with Gasteiger partial charge in [-0.3, -0.25) is 9.80 Å². The number of benzene rings is 1. The predicted molar refractivity (Wildman–Crippen MR) is 94.3 cm³/mol. The van der Waals surface area contributed by atoms with E-state index >= 15 is 0 Å². The fourth-order valence-electron chi connectivity index (χ4n) is 3.90. The molecule has 2 N–H and O–H groups in total. The Balaban J connectivity index is 1.46. The summed E-state index contributed by atoms with van der Waals surface area (Å²) < 4.78 is 13.3. The summed E-state index contributed by atoms with van der Waals surface area (Å²) in [6.45, 7) is 7.71. The minimum Gasteiger partial charge on any atom is -0.392 e. The monoisotopic (exact) mass is 335 g/mol. The van der Waals surface area contributed by atoms with Crippen LogP contribution >= 0.6 is 0 Å². The van der Waals surface area contributed by atoms with Gasteiger partial charge < -0.3 is 10.4 Å². The van der Waals surface area contributed by atoms with Gasteiger partial charge in [-0.25, -0.2) is 4.39 Å². The first-order chi connectivity index (χ1) is 11.7. The molecule has 1 aromatic carbocycles. The Morgan fingerprint density at radius 1 is 1.12 bits per heavy atom. The third-order valence-corrected chi connectivity index (χ3v) is 5.35. The number of hydrogen-bond donors (Lipinski definition) is 2. The van der Waals surface area contributed by atoms with E-state index in [0.717, 1.165) is 77.2 Å². The second-order valence-electron chi connectivity index (χ2n) is 7.22. The van der Waals surface area contributed by atoms with Gasteiger partial charge >= 0.3 is 0 Å². The lowest BCUT2D eigenvalue weighted by Gasteiger charge is -2.31. The molecule has 4 nitrogen and oxygen atoms in total. The lowest BCUT2D eigenvalue weighted by molar-refractivity contribution is 0.0515. The number of halogens is 1. The molecule has 24 heavy (non-hydrogen) atoms. The van der Waals surface area contributed by atoms with E-state index in [-0.39, 0.29) is 11.9 Å². The van der Waals surface area contributed by atoms with Gasteiger partial charge in [0.25, 0.3) is 0 Å². The Morgan fingerprint density at radius 2 is 1.88 bits per heavy atom. The van der Waals surface area contributed by atoms with E-state index in [9.17, 15) is 9.50 Å². The highest BCUT2D eigenvalue weighted by Crippen LogP contribution is 2.18. The zero-order valence-corrected chi connectivity index (χ0v) is 14.5. The SMILES string of the molecule is OC(CN1CCCN(Cc2cccc(F)c2)CC1)C1CCNCC1. The molecular weight excluding hydrogens is 305 g/mol. The maximum absolute atomic E-state index is 13.3. The number of piperidine rings is 1. The molecule has 134 valence electrons. The zero-order chi connectivity index (χ0) is 16.8. The average Bonchev–Trinajstić information content (AvgIpc) is 2.81. The first-order valence-electron chi connectivity index (χ1n) is 9.28. The molecule has 2 aliphatic heterocycles. The quantitative estimate of drug-likeness (QED) is 0.859. The van der Waals surface area contributed by atoms with Crippen molar-refractivity contribution in [1.29, 1.82) is 0 Å². The van der Waals surface area contributed by atoms with Crippen molar-refractivity contribution < 1.29 is 9.50 Å². The molecule has 0 aliphatic carbocycles. The lowest BCUT2D eigenvalue weighted by atomic mass is 9.92. The van der Waals surface area contributed by atoms with Gasteiger partial charge in [0.05, 0.1) is 6.10 Å². The topological polar surface area (TPSA) is 38.7 Å². The van der Waals surface area contributed by atoms with Crippen molar-refractivity contribution in [3.63, 3.8) is 0 Å². The van der Waals surface area contributed by atoms with Crippen molar-refractivity contribution in [3.8, 4) is 0 Å².